The molecule has 7 nitrogen and oxygen atoms in total. The molecule has 0 radical (unpaired) electrons. The zero-order chi connectivity index (χ0) is 25.5. The van der Waals surface area contributed by atoms with Gasteiger partial charge in [0.05, 0.1) is 19.1 Å². The molecule has 0 amide bonds. The highest BCUT2D eigenvalue weighted by atomic mass is 32.2. The van der Waals surface area contributed by atoms with Gasteiger partial charge in [-0.1, -0.05) is 19.3 Å². The molecule has 33 heavy (non-hydrogen) atoms. The van der Waals surface area contributed by atoms with Gasteiger partial charge in [0, 0.05) is 6.42 Å². The van der Waals surface area contributed by atoms with Gasteiger partial charge in [0.1, 0.15) is 0 Å². The molecule has 1 N–H and O–H groups in total. The van der Waals surface area contributed by atoms with Gasteiger partial charge in [-0.15, -0.1) is 0 Å². The van der Waals surface area contributed by atoms with Crippen molar-refractivity contribution in [2.24, 2.45) is 5.92 Å². The molecule has 2 atom stereocenters. The number of halogens is 7. The summed E-state index contributed by atoms with van der Waals surface area (Å²) >= 11 is -4.18. The summed E-state index contributed by atoms with van der Waals surface area (Å²) < 4.78 is 127. The zero-order valence-corrected chi connectivity index (χ0v) is 18.4. The standard InChI is InChI=1S/C18H25F7O7S/c1-2-30-14(27)16(17(21,22)23,32-13(26)12-8-4-3-5-9-12)31-11-7-6-10-15(19,20)18(24,25)33(28)29/h12H,2-11H2,1H3,(H,28,29). The van der Waals surface area contributed by atoms with Crippen LogP contribution in [0.4, 0.5) is 30.7 Å². The van der Waals surface area contributed by atoms with Gasteiger partial charge in [0.15, 0.2) is 0 Å². The average Bonchev–Trinajstić information content (AvgIpc) is 2.72. The van der Waals surface area contributed by atoms with Crippen molar-refractivity contribution in [3.8, 4) is 0 Å². The molecule has 15 heteroatoms. The third kappa shape index (κ3) is 7.25. The van der Waals surface area contributed by atoms with E-state index in [1.54, 1.807) is 0 Å². The lowest BCUT2D eigenvalue weighted by atomic mass is 9.89. The molecule has 0 aliphatic heterocycles. The van der Waals surface area contributed by atoms with Crippen LogP contribution in [-0.4, -0.2) is 57.1 Å². The molecule has 0 heterocycles. The summed E-state index contributed by atoms with van der Waals surface area (Å²) in [4.78, 5) is 24.5. The summed E-state index contributed by atoms with van der Waals surface area (Å²) in [5.74, 6) is -13.4. The number of carbonyl (C=O) groups is 2. The van der Waals surface area contributed by atoms with E-state index in [2.05, 4.69) is 14.2 Å². The van der Waals surface area contributed by atoms with Crippen molar-refractivity contribution in [1.82, 2.24) is 0 Å². The van der Waals surface area contributed by atoms with Crippen LogP contribution in [0, 0.1) is 5.92 Å². The quantitative estimate of drug-likeness (QED) is 0.133. The lowest BCUT2D eigenvalue weighted by Gasteiger charge is -2.34. The van der Waals surface area contributed by atoms with E-state index < -0.39 is 84.6 Å². The van der Waals surface area contributed by atoms with Crippen LogP contribution in [0.25, 0.3) is 0 Å². The normalized spacial score (nSPS) is 18.9. The van der Waals surface area contributed by atoms with Gasteiger partial charge in [0.25, 0.3) is 0 Å². The number of alkyl halides is 7. The van der Waals surface area contributed by atoms with Gasteiger partial charge in [-0.25, -0.2) is 9.00 Å². The molecule has 1 fully saturated rings. The van der Waals surface area contributed by atoms with E-state index in [0.29, 0.717) is 12.8 Å². The lowest BCUT2D eigenvalue weighted by Crippen LogP contribution is -2.59. The minimum atomic E-state index is -5.60. The molecule has 1 saturated carbocycles. The number of carbonyl (C=O) groups excluding carboxylic acids is 2. The Morgan fingerprint density at radius 3 is 2.06 bits per heavy atom. The smallest absolute Gasteiger partial charge is 0.461 e. The third-order valence-corrected chi connectivity index (χ3v) is 5.67. The molecule has 0 bridgehead atoms. The predicted molar refractivity (Wildman–Crippen MR) is 98.6 cm³/mol. The number of hydrogen-bond acceptors (Lipinski definition) is 6. The monoisotopic (exact) mass is 518 g/mol. The van der Waals surface area contributed by atoms with Crippen LogP contribution >= 0.6 is 0 Å². The molecule has 2 unspecified atom stereocenters. The fraction of sp³-hybridized carbons (Fsp3) is 0.889. The largest absolute Gasteiger partial charge is 0.468 e. The second kappa shape index (κ2) is 11.8. The molecular weight excluding hydrogens is 493 g/mol. The Bertz CT molecular complexity index is 696. The summed E-state index contributed by atoms with van der Waals surface area (Å²) in [5, 5.41) is -5.27. The van der Waals surface area contributed by atoms with Crippen molar-refractivity contribution >= 4 is 23.0 Å². The van der Waals surface area contributed by atoms with Gasteiger partial charge in [-0.05, 0) is 32.6 Å². The maximum Gasteiger partial charge on any atom is 0.468 e. The second-order valence-electron chi connectivity index (χ2n) is 7.37. The number of ether oxygens (including phenoxy) is 3. The minimum Gasteiger partial charge on any atom is -0.461 e. The molecule has 1 aliphatic carbocycles. The summed E-state index contributed by atoms with van der Waals surface area (Å²) in [6.07, 6.45) is -6.45. The molecule has 0 saturated heterocycles. The molecular formula is C18H25F7O7S. The first-order valence-corrected chi connectivity index (χ1v) is 11.2. The zero-order valence-electron chi connectivity index (χ0n) is 17.6. The van der Waals surface area contributed by atoms with Gasteiger partial charge in [-0.3, -0.25) is 4.79 Å². The van der Waals surface area contributed by atoms with Crippen molar-refractivity contribution in [3.05, 3.63) is 0 Å². The Labute approximate surface area is 187 Å². The second-order valence-corrected chi connectivity index (χ2v) is 8.38. The van der Waals surface area contributed by atoms with E-state index in [4.69, 9.17) is 4.55 Å². The van der Waals surface area contributed by atoms with Gasteiger partial charge < -0.3 is 18.8 Å². The molecule has 1 aliphatic rings. The number of unbranched alkanes of at least 4 members (excludes halogenated alkanes) is 1. The Balaban J connectivity index is 2.93. The minimum absolute atomic E-state index is 0.241. The topological polar surface area (TPSA) is 99.1 Å². The fourth-order valence-corrected chi connectivity index (χ4v) is 3.47. The summed E-state index contributed by atoms with van der Waals surface area (Å²) in [7, 11) is 0. The maximum atomic E-state index is 13.8. The first-order valence-electron chi connectivity index (χ1n) is 10.1. The van der Waals surface area contributed by atoms with Crippen LogP contribution in [-0.2, 0) is 34.9 Å². The summed E-state index contributed by atoms with van der Waals surface area (Å²) in [6, 6.07) is 0. The molecule has 0 aromatic heterocycles. The van der Waals surface area contributed by atoms with Gasteiger partial charge in [-0.2, -0.15) is 30.7 Å². The molecule has 194 valence electrons. The highest BCUT2D eigenvalue weighted by Crippen LogP contribution is 2.41. The summed E-state index contributed by atoms with van der Waals surface area (Å²) in [6.45, 7) is -0.434. The van der Waals surface area contributed by atoms with E-state index >= 15 is 0 Å². The molecule has 0 aromatic rings. The van der Waals surface area contributed by atoms with E-state index in [1.807, 2.05) is 0 Å². The van der Waals surface area contributed by atoms with E-state index in [9.17, 15) is 44.5 Å². The van der Waals surface area contributed by atoms with E-state index in [1.165, 1.54) is 6.92 Å². The van der Waals surface area contributed by atoms with Crippen molar-refractivity contribution < 1.29 is 63.3 Å². The highest BCUT2D eigenvalue weighted by molar-refractivity contribution is 7.80. The SMILES string of the molecule is CCOC(=O)C(OCCCCC(F)(F)C(F)(F)S(=O)O)(OC(=O)C1CCCCC1)C(F)(F)F. The highest BCUT2D eigenvalue weighted by Gasteiger charge is 2.68. The Morgan fingerprint density at radius 1 is 1.00 bits per heavy atom. The molecule has 0 spiro atoms. The Kier molecular flexibility index (Phi) is 10.5. The third-order valence-electron chi connectivity index (χ3n) is 4.94. The van der Waals surface area contributed by atoms with Crippen LogP contribution in [0.3, 0.4) is 0 Å². The summed E-state index contributed by atoms with van der Waals surface area (Å²) in [5.41, 5.74) is 0. The van der Waals surface area contributed by atoms with Crippen molar-refractivity contribution in [3.63, 3.8) is 0 Å². The van der Waals surface area contributed by atoms with E-state index in [0.717, 1.165) is 6.42 Å². The lowest BCUT2D eigenvalue weighted by molar-refractivity contribution is -0.356. The van der Waals surface area contributed by atoms with Crippen LogP contribution in [0.2, 0.25) is 0 Å². The Hall–Kier alpha value is -1.48. The maximum absolute atomic E-state index is 13.8. The predicted octanol–water partition coefficient (Wildman–Crippen LogP) is 4.57. The average molecular weight is 518 g/mol. The fourth-order valence-electron chi connectivity index (χ4n) is 3.11. The van der Waals surface area contributed by atoms with Crippen molar-refractivity contribution in [2.75, 3.05) is 13.2 Å². The van der Waals surface area contributed by atoms with Gasteiger partial charge in [0.2, 0.25) is 11.1 Å². The molecule has 1 rings (SSSR count). The van der Waals surface area contributed by atoms with E-state index in [-0.39, 0.29) is 12.8 Å². The van der Waals surface area contributed by atoms with Crippen LogP contribution < -0.4 is 0 Å². The molecule has 0 aromatic carbocycles. The van der Waals surface area contributed by atoms with Crippen LogP contribution in [0.15, 0.2) is 0 Å². The first kappa shape index (κ1) is 29.6. The van der Waals surface area contributed by atoms with Crippen LogP contribution in [0.1, 0.15) is 58.3 Å². The Morgan fingerprint density at radius 2 is 1.58 bits per heavy atom. The van der Waals surface area contributed by atoms with Crippen LogP contribution in [0.5, 0.6) is 0 Å². The van der Waals surface area contributed by atoms with Gasteiger partial charge >= 0.3 is 35.1 Å². The first-order chi connectivity index (χ1) is 15.1. The number of hydrogen-bond donors (Lipinski definition) is 1. The number of rotatable bonds is 12. The van der Waals surface area contributed by atoms with Crippen molar-refractivity contribution in [2.45, 2.75) is 81.4 Å². The van der Waals surface area contributed by atoms with Crippen molar-refractivity contribution in [1.29, 1.82) is 0 Å². The number of esters is 2.